The first kappa shape index (κ1) is 14.5. The maximum atomic E-state index is 12.2. The van der Waals surface area contributed by atoms with Crippen molar-refractivity contribution in [2.75, 3.05) is 11.1 Å². The summed E-state index contributed by atoms with van der Waals surface area (Å²) >= 11 is 2.53. The predicted octanol–water partition coefficient (Wildman–Crippen LogP) is 1.68. The number of thioether (sulfide) groups is 1. The number of aryl methyl sites for hydroxylation is 1. The number of anilines is 1. The van der Waals surface area contributed by atoms with Crippen LogP contribution >= 0.6 is 23.1 Å². The molecule has 0 saturated heterocycles. The van der Waals surface area contributed by atoms with Crippen molar-refractivity contribution in [1.82, 2.24) is 10.2 Å². The second-order valence-electron chi connectivity index (χ2n) is 3.83. The van der Waals surface area contributed by atoms with Gasteiger partial charge in [0.05, 0.1) is 11.3 Å². The summed E-state index contributed by atoms with van der Waals surface area (Å²) in [5, 5.41) is 11.6. The van der Waals surface area contributed by atoms with E-state index in [2.05, 4.69) is 15.5 Å². The number of carbonyl (C=O) groups excluding carboxylic acids is 2. The second kappa shape index (κ2) is 6.49. The van der Waals surface area contributed by atoms with Gasteiger partial charge in [0.1, 0.15) is 5.01 Å². The molecular weight excluding hydrogens is 296 g/mol. The number of benzene rings is 1. The van der Waals surface area contributed by atoms with E-state index in [9.17, 15) is 9.59 Å². The Labute approximate surface area is 123 Å². The fourth-order valence-corrected chi connectivity index (χ4v) is 2.82. The summed E-state index contributed by atoms with van der Waals surface area (Å²) in [4.78, 5) is 23.7. The van der Waals surface area contributed by atoms with Crippen molar-refractivity contribution >= 4 is 40.0 Å². The average Bonchev–Trinajstić information content (AvgIpc) is 2.82. The average molecular weight is 308 g/mol. The molecule has 0 saturated carbocycles. The molecule has 3 N–H and O–H groups in total. The molecule has 0 aliphatic rings. The van der Waals surface area contributed by atoms with Crippen LogP contribution in [0.1, 0.15) is 15.4 Å². The maximum Gasteiger partial charge on any atom is 0.258 e. The number of amides is 2. The molecule has 0 radical (unpaired) electrons. The number of nitrogens with zero attached hydrogens (tertiary/aromatic N) is 2. The summed E-state index contributed by atoms with van der Waals surface area (Å²) in [6.45, 7) is 1.81. The van der Waals surface area contributed by atoms with Crippen LogP contribution in [-0.4, -0.2) is 27.8 Å². The van der Waals surface area contributed by atoms with Gasteiger partial charge in [-0.3, -0.25) is 14.9 Å². The van der Waals surface area contributed by atoms with Gasteiger partial charge in [0, 0.05) is 4.90 Å². The summed E-state index contributed by atoms with van der Waals surface area (Å²) in [6, 6.07) is 7.02. The Balaban J connectivity index is 2.14. The van der Waals surface area contributed by atoms with E-state index in [1.54, 1.807) is 24.3 Å². The first-order chi connectivity index (χ1) is 9.56. The van der Waals surface area contributed by atoms with Gasteiger partial charge in [0.25, 0.3) is 5.91 Å². The highest BCUT2D eigenvalue weighted by Gasteiger charge is 2.13. The van der Waals surface area contributed by atoms with Crippen molar-refractivity contribution in [3.63, 3.8) is 0 Å². The van der Waals surface area contributed by atoms with Crippen molar-refractivity contribution in [2.24, 2.45) is 5.73 Å². The number of rotatable bonds is 5. The van der Waals surface area contributed by atoms with Crippen LogP contribution in [0.15, 0.2) is 29.2 Å². The van der Waals surface area contributed by atoms with Gasteiger partial charge in [-0.15, -0.1) is 22.0 Å². The van der Waals surface area contributed by atoms with Gasteiger partial charge in [0.2, 0.25) is 11.0 Å². The van der Waals surface area contributed by atoms with Crippen LogP contribution in [0, 0.1) is 6.92 Å². The molecule has 6 nitrogen and oxygen atoms in total. The van der Waals surface area contributed by atoms with E-state index in [0.29, 0.717) is 15.6 Å². The molecule has 0 atom stereocenters. The van der Waals surface area contributed by atoms with E-state index in [1.165, 1.54) is 23.1 Å². The van der Waals surface area contributed by atoms with Crippen molar-refractivity contribution in [2.45, 2.75) is 11.8 Å². The topological polar surface area (TPSA) is 98.0 Å². The highest BCUT2D eigenvalue weighted by molar-refractivity contribution is 8.00. The zero-order chi connectivity index (χ0) is 14.5. The van der Waals surface area contributed by atoms with Crippen molar-refractivity contribution in [3.8, 4) is 0 Å². The summed E-state index contributed by atoms with van der Waals surface area (Å²) in [5.74, 6) is -0.582. The molecule has 1 aromatic carbocycles. The number of hydrogen-bond donors (Lipinski definition) is 2. The van der Waals surface area contributed by atoms with Crippen molar-refractivity contribution in [1.29, 1.82) is 0 Å². The minimum absolute atomic E-state index is 0.127. The van der Waals surface area contributed by atoms with Gasteiger partial charge in [0.15, 0.2) is 0 Å². The summed E-state index contributed by atoms with van der Waals surface area (Å²) < 4.78 is 0. The fraction of sp³-hybridized carbons (Fsp3) is 0.167. The molecule has 0 fully saturated rings. The number of nitrogens with one attached hydrogen (secondary N) is 1. The molecule has 0 spiro atoms. The van der Waals surface area contributed by atoms with Gasteiger partial charge in [-0.05, 0) is 19.1 Å². The molecule has 104 valence electrons. The quantitative estimate of drug-likeness (QED) is 0.819. The number of primary amides is 1. The number of nitrogens with two attached hydrogens (primary N) is 1. The standard InChI is InChI=1S/C12H12N4O2S2/c1-7-15-16-12(20-7)14-11(18)8-4-2-3-5-9(8)19-6-10(13)17/h2-5H,6H2,1H3,(H2,13,17)(H,14,16,18). The SMILES string of the molecule is Cc1nnc(NC(=O)c2ccccc2SCC(N)=O)s1. The molecule has 2 aromatic rings. The van der Waals surface area contributed by atoms with Crippen LogP contribution in [0.3, 0.4) is 0 Å². The molecule has 2 rings (SSSR count). The summed E-state index contributed by atoms with van der Waals surface area (Å²) in [6.07, 6.45) is 0. The lowest BCUT2D eigenvalue weighted by Crippen LogP contribution is -2.15. The van der Waals surface area contributed by atoms with Crippen molar-refractivity contribution < 1.29 is 9.59 Å². The molecular formula is C12H12N4O2S2. The number of hydrogen-bond acceptors (Lipinski definition) is 6. The Morgan fingerprint density at radius 3 is 2.75 bits per heavy atom. The lowest BCUT2D eigenvalue weighted by atomic mass is 10.2. The highest BCUT2D eigenvalue weighted by Crippen LogP contribution is 2.24. The molecule has 0 unspecified atom stereocenters. The molecule has 1 heterocycles. The molecule has 0 aliphatic heterocycles. The smallest absolute Gasteiger partial charge is 0.258 e. The third kappa shape index (κ3) is 3.78. The zero-order valence-corrected chi connectivity index (χ0v) is 12.3. The molecule has 0 aliphatic carbocycles. The molecule has 8 heteroatoms. The monoisotopic (exact) mass is 308 g/mol. The molecule has 20 heavy (non-hydrogen) atoms. The predicted molar refractivity (Wildman–Crippen MR) is 79.0 cm³/mol. The normalized spacial score (nSPS) is 10.2. The van der Waals surface area contributed by atoms with E-state index in [1.807, 2.05) is 6.92 Å². The Bertz CT molecular complexity index is 642. The van der Waals surface area contributed by atoms with Crippen LogP contribution in [0.5, 0.6) is 0 Å². The van der Waals surface area contributed by atoms with E-state index >= 15 is 0 Å². The zero-order valence-electron chi connectivity index (χ0n) is 10.6. The summed E-state index contributed by atoms with van der Waals surface area (Å²) in [5.41, 5.74) is 5.59. The third-order valence-corrected chi connectivity index (χ3v) is 4.10. The lowest BCUT2D eigenvalue weighted by molar-refractivity contribution is -0.115. The van der Waals surface area contributed by atoms with Gasteiger partial charge in [-0.2, -0.15) is 0 Å². The van der Waals surface area contributed by atoms with Gasteiger partial charge in [-0.25, -0.2) is 0 Å². The Kier molecular flexibility index (Phi) is 4.70. The van der Waals surface area contributed by atoms with Gasteiger partial charge in [-0.1, -0.05) is 23.5 Å². The van der Waals surface area contributed by atoms with E-state index in [4.69, 9.17) is 5.73 Å². The Morgan fingerprint density at radius 1 is 1.35 bits per heavy atom. The van der Waals surface area contributed by atoms with Crippen LogP contribution in [-0.2, 0) is 4.79 Å². The highest BCUT2D eigenvalue weighted by atomic mass is 32.2. The Morgan fingerprint density at radius 2 is 2.10 bits per heavy atom. The Hall–Kier alpha value is -1.93. The van der Waals surface area contributed by atoms with Crippen LogP contribution < -0.4 is 11.1 Å². The van der Waals surface area contributed by atoms with E-state index in [-0.39, 0.29) is 11.7 Å². The van der Waals surface area contributed by atoms with Crippen LogP contribution in [0.25, 0.3) is 0 Å². The molecule has 0 bridgehead atoms. The van der Waals surface area contributed by atoms with Crippen LogP contribution in [0.4, 0.5) is 5.13 Å². The van der Waals surface area contributed by atoms with Gasteiger partial charge < -0.3 is 5.73 Å². The maximum absolute atomic E-state index is 12.2. The largest absolute Gasteiger partial charge is 0.369 e. The lowest BCUT2D eigenvalue weighted by Gasteiger charge is -2.07. The number of carbonyl (C=O) groups is 2. The first-order valence-electron chi connectivity index (χ1n) is 5.68. The van der Waals surface area contributed by atoms with E-state index in [0.717, 1.165) is 5.01 Å². The molecule has 2 amide bonds. The minimum Gasteiger partial charge on any atom is -0.369 e. The molecule has 1 aromatic heterocycles. The second-order valence-corrected chi connectivity index (χ2v) is 6.03. The van der Waals surface area contributed by atoms with Crippen LogP contribution in [0.2, 0.25) is 0 Å². The fourth-order valence-electron chi connectivity index (χ4n) is 1.44. The van der Waals surface area contributed by atoms with E-state index < -0.39 is 5.91 Å². The third-order valence-electron chi connectivity index (χ3n) is 2.25. The summed E-state index contributed by atoms with van der Waals surface area (Å²) in [7, 11) is 0. The number of aromatic nitrogens is 2. The first-order valence-corrected chi connectivity index (χ1v) is 7.48. The van der Waals surface area contributed by atoms with Gasteiger partial charge >= 0.3 is 0 Å². The van der Waals surface area contributed by atoms with Crippen molar-refractivity contribution in [3.05, 3.63) is 34.8 Å². The minimum atomic E-state index is -0.426.